The molecule has 3 aromatic rings. The van der Waals surface area contributed by atoms with E-state index >= 15 is 0 Å². The van der Waals surface area contributed by atoms with Gasteiger partial charge in [-0.25, -0.2) is 9.97 Å². The van der Waals surface area contributed by atoms with Crippen molar-refractivity contribution < 1.29 is 4.79 Å². The molecule has 1 N–H and O–H groups in total. The second kappa shape index (κ2) is 7.17. The maximum absolute atomic E-state index is 11.9. The van der Waals surface area contributed by atoms with Crippen molar-refractivity contribution in [1.82, 2.24) is 19.9 Å². The summed E-state index contributed by atoms with van der Waals surface area (Å²) in [6.07, 6.45) is 5.64. The summed E-state index contributed by atoms with van der Waals surface area (Å²) >= 11 is 6.64. The molecule has 8 heteroatoms. The zero-order valence-electron chi connectivity index (χ0n) is 11.5. The van der Waals surface area contributed by atoms with E-state index in [0.29, 0.717) is 13.0 Å². The lowest BCUT2D eigenvalue weighted by Crippen LogP contribution is -2.28. The lowest BCUT2D eigenvalue weighted by Gasteiger charge is -2.04. The molecule has 0 aliphatic rings. The van der Waals surface area contributed by atoms with Crippen LogP contribution < -0.4 is 5.32 Å². The summed E-state index contributed by atoms with van der Waals surface area (Å²) in [4.78, 5) is 21.5. The normalized spacial score (nSPS) is 10.8. The average molecular weight is 397 g/mol. The van der Waals surface area contributed by atoms with Crippen molar-refractivity contribution in [3.63, 3.8) is 0 Å². The smallest absolute Gasteiger partial charge is 0.226 e. The minimum atomic E-state index is -0.00988. The van der Waals surface area contributed by atoms with Crippen molar-refractivity contribution >= 4 is 44.5 Å². The van der Waals surface area contributed by atoms with Crippen LogP contribution >= 0.6 is 38.6 Å². The van der Waals surface area contributed by atoms with Gasteiger partial charge in [0.05, 0.1) is 23.3 Å². The fraction of sp³-hybridized carbons (Fsp3) is 0.214. The number of hydrogen-bond donors (Lipinski definition) is 1. The molecule has 0 saturated carbocycles. The highest BCUT2D eigenvalue weighted by Crippen LogP contribution is 2.31. The van der Waals surface area contributed by atoms with E-state index < -0.39 is 0 Å². The summed E-state index contributed by atoms with van der Waals surface area (Å²) in [5.41, 5.74) is 0.810. The third-order valence-corrected chi connectivity index (χ3v) is 5.67. The molecule has 0 aliphatic heterocycles. The van der Waals surface area contributed by atoms with E-state index in [0.717, 1.165) is 26.6 Å². The molecule has 3 aromatic heterocycles. The number of nitrogens with one attached hydrogen (secondary N) is 1. The number of thiophene rings is 1. The maximum atomic E-state index is 11.9. The number of amides is 1. The van der Waals surface area contributed by atoms with Crippen molar-refractivity contribution in [1.29, 1.82) is 0 Å². The van der Waals surface area contributed by atoms with Gasteiger partial charge in [-0.15, -0.1) is 22.7 Å². The Hall–Kier alpha value is -1.51. The van der Waals surface area contributed by atoms with Gasteiger partial charge in [0.15, 0.2) is 0 Å². The minimum absolute atomic E-state index is 0.00988. The molecule has 0 aliphatic carbocycles. The Kier molecular flexibility index (Phi) is 5.01. The molecule has 0 saturated heterocycles. The van der Waals surface area contributed by atoms with Gasteiger partial charge in [0.1, 0.15) is 5.01 Å². The first-order valence-electron chi connectivity index (χ1n) is 6.62. The minimum Gasteiger partial charge on any atom is -0.354 e. The molecular weight excluding hydrogens is 384 g/mol. The van der Waals surface area contributed by atoms with Crippen LogP contribution in [0.2, 0.25) is 0 Å². The van der Waals surface area contributed by atoms with E-state index in [1.54, 1.807) is 35.2 Å². The quantitative estimate of drug-likeness (QED) is 0.695. The highest BCUT2D eigenvalue weighted by molar-refractivity contribution is 9.10. The van der Waals surface area contributed by atoms with Crippen LogP contribution in [0.4, 0.5) is 0 Å². The second-order valence-electron chi connectivity index (χ2n) is 4.60. The number of thiazole rings is 1. The molecule has 114 valence electrons. The molecule has 0 spiro atoms. The van der Waals surface area contributed by atoms with E-state index in [9.17, 15) is 4.79 Å². The molecular formula is C14H13BrN4OS2. The zero-order chi connectivity index (χ0) is 15.4. The Morgan fingerprint density at radius 1 is 1.36 bits per heavy atom. The van der Waals surface area contributed by atoms with Gasteiger partial charge in [-0.2, -0.15) is 0 Å². The van der Waals surface area contributed by atoms with Gasteiger partial charge >= 0.3 is 0 Å². The summed E-state index contributed by atoms with van der Waals surface area (Å²) in [6, 6.07) is 2.04. The van der Waals surface area contributed by atoms with Crippen LogP contribution in [0.25, 0.3) is 9.88 Å². The number of carbonyl (C=O) groups excluding carboxylic acids is 1. The summed E-state index contributed by atoms with van der Waals surface area (Å²) in [7, 11) is 0. The van der Waals surface area contributed by atoms with Crippen molar-refractivity contribution in [2.75, 3.05) is 6.54 Å². The first-order chi connectivity index (χ1) is 10.7. The number of carbonyl (C=O) groups is 1. The van der Waals surface area contributed by atoms with Crippen LogP contribution in [0.1, 0.15) is 5.69 Å². The van der Waals surface area contributed by atoms with Crippen molar-refractivity contribution in [2.45, 2.75) is 13.0 Å². The fourth-order valence-corrected chi connectivity index (χ4v) is 4.22. The molecule has 0 fully saturated rings. The SMILES string of the molecule is O=C(Cc1csc(-c2cc(Br)cs2)n1)NCCn1ccnc1. The third-order valence-electron chi connectivity index (χ3n) is 2.92. The summed E-state index contributed by atoms with van der Waals surface area (Å²) in [5.74, 6) is -0.00988. The lowest BCUT2D eigenvalue weighted by molar-refractivity contribution is -0.120. The number of halogens is 1. The van der Waals surface area contributed by atoms with Gasteiger partial charge in [0.25, 0.3) is 0 Å². The molecule has 0 atom stereocenters. The Labute approximate surface area is 144 Å². The summed E-state index contributed by atoms with van der Waals surface area (Å²) in [5, 5.41) is 7.82. The van der Waals surface area contributed by atoms with Crippen molar-refractivity contribution in [3.05, 3.63) is 45.7 Å². The van der Waals surface area contributed by atoms with E-state index in [-0.39, 0.29) is 5.91 Å². The number of hydrogen-bond acceptors (Lipinski definition) is 5. The lowest BCUT2D eigenvalue weighted by atomic mass is 10.3. The number of nitrogens with zero attached hydrogens (tertiary/aromatic N) is 3. The zero-order valence-corrected chi connectivity index (χ0v) is 14.7. The van der Waals surface area contributed by atoms with E-state index in [1.165, 1.54) is 0 Å². The first-order valence-corrected chi connectivity index (χ1v) is 9.17. The number of rotatable bonds is 6. The van der Waals surface area contributed by atoms with E-state index in [2.05, 4.69) is 31.2 Å². The van der Waals surface area contributed by atoms with E-state index in [1.807, 2.05) is 27.6 Å². The Morgan fingerprint density at radius 3 is 3.00 bits per heavy atom. The predicted octanol–water partition coefficient (Wildman–Crippen LogP) is 3.19. The molecule has 3 heterocycles. The number of imidazole rings is 1. The Morgan fingerprint density at radius 2 is 2.27 bits per heavy atom. The average Bonchev–Trinajstić information content (AvgIpc) is 3.20. The monoisotopic (exact) mass is 396 g/mol. The number of aromatic nitrogens is 3. The van der Waals surface area contributed by atoms with Gasteiger partial charge in [-0.3, -0.25) is 4.79 Å². The molecule has 0 bridgehead atoms. The summed E-state index contributed by atoms with van der Waals surface area (Å²) < 4.78 is 2.98. The molecule has 0 aromatic carbocycles. The maximum Gasteiger partial charge on any atom is 0.226 e. The van der Waals surface area contributed by atoms with Crippen LogP contribution in [-0.4, -0.2) is 27.0 Å². The standard InChI is InChI=1S/C14H13BrN4OS2/c15-10-5-12(21-7-10)14-18-11(8-22-14)6-13(20)17-2-4-19-3-1-16-9-19/h1,3,5,7-9H,2,4,6H2,(H,17,20). The second-order valence-corrected chi connectivity index (χ2v) is 7.29. The van der Waals surface area contributed by atoms with Crippen LogP contribution in [0.5, 0.6) is 0 Å². The predicted molar refractivity (Wildman–Crippen MR) is 92.1 cm³/mol. The van der Waals surface area contributed by atoms with Gasteiger partial charge in [-0.1, -0.05) is 0 Å². The van der Waals surface area contributed by atoms with Crippen LogP contribution in [0, 0.1) is 0 Å². The van der Waals surface area contributed by atoms with Crippen LogP contribution in [0.15, 0.2) is 40.0 Å². The topological polar surface area (TPSA) is 59.8 Å². The highest BCUT2D eigenvalue weighted by atomic mass is 79.9. The molecule has 3 rings (SSSR count). The van der Waals surface area contributed by atoms with Gasteiger partial charge in [0, 0.05) is 40.7 Å². The van der Waals surface area contributed by atoms with Crippen LogP contribution in [0.3, 0.4) is 0 Å². The van der Waals surface area contributed by atoms with Gasteiger partial charge < -0.3 is 9.88 Å². The third kappa shape index (κ3) is 4.02. The van der Waals surface area contributed by atoms with Crippen molar-refractivity contribution in [2.24, 2.45) is 0 Å². The highest BCUT2D eigenvalue weighted by Gasteiger charge is 2.10. The van der Waals surface area contributed by atoms with Crippen LogP contribution in [-0.2, 0) is 17.8 Å². The van der Waals surface area contributed by atoms with Crippen molar-refractivity contribution in [3.8, 4) is 9.88 Å². The Balaban J connectivity index is 1.50. The molecule has 0 unspecified atom stereocenters. The summed E-state index contributed by atoms with van der Waals surface area (Å²) in [6.45, 7) is 1.31. The molecule has 1 amide bonds. The van der Waals surface area contributed by atoms with Gasteiger partial charge in [0.2, 0.25) is 5.91 Å². The fourth-order valence-electron chi connectivity index (χ4n) is 1.90. The first kappa shape index (κ1) is 15.4. The van der Waals surface area contributed by atoms with Gasteiger partial charge in [-0.05, 0) is 22.0 Å². The molecule has 22 heavy (non-hydrogen) atoms. The molecule has 0 radical (unpaired) electrons. The Bertz CT molecular complexity index is 751. The van der Waals surface area contributed by atoms with E-state index in [4.69, 9.17) is 0 Å². The largest absolute Gasteiger partial charge is 0.354 e. The molecule has 5 nitrogen and oxygen atoms in total.